The van der Waals surface area contributed by atoms with E-state index in [0.29, 0.717) is 12.0 Å². The highest BCUT2D eigenvalue weighted by molar-refractivity contribution is 5.88. The molecule has 0 fully saturated rings. The maximum Gasteiger partial charge on any atom is 0.334 e. The van der Waals surface area contributed by atoms with Gasteiger partial charge in [-0.2, -0.15) is 0 Å². The molecular weight excluding hydrogens is 604 g/mol. The Labute approximate surface area is 288 Å². The largest absolute Gasteiger partial charge is 0.454 e. The van der Waals surface area contributed by atoms with Crippen LogP contribution < -0.4 is 10.6 Å². The van der Waals surface area contributed by atoms with Crippen LogP contribution in [0.2, 0.25) is 0 Å². The third-order valence-corrected chi connectivity index (χ3v) is 7.80. The fourth-order valence-electron chi connectivity index (χ4n) is 4.83. The van der Waals surface area contributed by atoms with E-state index in [1.165, 1.54) is 5.57 Å². The van der Waals surface area contributed by atoms with E-state index in [4.69, 9.17) is 9.47 Å². The molecule has 1 rings (SSSR count). The van der Waals surface area contributed by atoms with Gasteiger partial charge in [-0.15, -0.1) is 0 Å². The summed E-state index contributed by atoms with van der Waals surface area (Å²) in [5.74, 6) is -0.972. The summed E-state index contributed by atoms with van der Waals surface area (Å²) in [4.78, 5) is 36.2. The van der Waals surface area contributed by atoms with Gasteiger partial charge in [0.1, 0.15) is 12.1 Å². The Kier molecular flexibility index (Phi) is 21.2. The number of allylic oxidation sites excluding steroid dienone is 12. The number of carbonyl (C=O) groups excluding carboxylic acids is 3. The molecule has 5 atom stereocenters. The second-order valence-electron chi connectivity index (χ2n) is 12.4. The Morgan fingerprint density at radius 3 is 2.48 bits per heavy atom. The molecule has 0 spiro atoms. The molecule has 264 valence electrons. The zero-order chi connectivity index (χ0) is 35.9. The number of amides is 2. The number of hydrogen-bond acceptors (Lipinski definition) is 6. The van der Waals surface area contributed by atoms with E-state index in [1.54, 1.807) is 14.0 Å². The highest BCUT2D eigenvalue weighted by Crippen LogP contribution is 2.21. The fourth-order valence-corrected chi connectivity index (χ4v) is 4.83. The van der Waals surface area contributed by atoms with Crippen LogP contribution >= 0.6 is 0 Å². The first-order valence-electron chi connectivity index (χ1n) is 16.8. The molecule has 1 aliphatic heterocycles. The number of hydrogen-bond donors (Lipinski definition) is 3. The van der Waals surface area contributed by atoms with Crippen molar-refractivity contribution >= 4 is 18.3 Å². The van der Waals surface area contributed by atoms with Gasteiger partial charge in [-0.05, 0) is 71.8 Å². The van der Waals surface area contributed by atoms with Gasteiger partial charge in [0.05, 0.1) is 12.7 Å². The Balaban J connectivity index is 3.29. The molecule has 0 aromatic rings. The number of ether oxygens (including phenoxy) is 2. The van der Waals surface area contributed by atoms with Crippen LogP contribution in [0.4, 0.5) is 0 Å². The van der Waals surface area contributed by atoms with Crippen molar-refractivity contribution in [1.82, 2.24) is 10.6 Å². The average Bonchev–Trinajstić information content (AvgIpc) is 3.06. The van der Waals surface area contributed by atoms with E-state index in [-0.39, 0.29) is 30.5 Å². The molecule has 1 aliphatic rings. The van der Waals surface area contributed by atoms with Crippen molar-refractivity contribution in [2.75, 3.05) is 20.3 Å². The van der Waals surface area contributed by atoms with Crippen LogP contribution in [-0.4, -0.2) is 61.9 Å². The summed E-state index contributed by atoms with van der Waals surface area (Å²) >= 11 is 0. The zero-order valence-corrected chi connectivity index (χ0v) is 30.2. The minimum atomic E-state index is -1.01. The molecule has 8 heteroatoms. The van der Waals surface area contributed by atoms with Crippen LogP contribution in [0.25, 0.3) is 0 Å². The van der Waals surface area contributed by atoms with Gasteiger partial charge in [0, 0.05) is 25.1 Å². The van der Waals surface area contributed by atoms with Gasteiger partial charge >= 0.3 is 5.97 Å². The topological polar surface area (TPSA) is 114 Å². The SMILES string of the molecule is CO[C@@H]1/C=C(C)/C=C/[C@@H](C)/C=C(\C)C(=O)O[C@H](/C(C)=C/C=C(\C)CNC(=O)[C@H](CO)NC=O)[C@@H](C)/C=C/C=C/CCC/C=C(C)\C=C\C1. The lowest BCUT2D eigenvalue weighted by molar-refractivity contribution is -0.144. The lowest BCUT2D eigenvalue weighted by Gasteiger charge is -2.23. The molecule has 0 aliphatic carbocycles. The second-order valence-corrected chi connectivity index (χ2v) is 12.4. The Morgan fingerprint density at radius 2 is 1.79 bits per heavy atom. The van der Waals surface area contributed by atoms with E-state index in [1.807, 2.05) is 71.1 Å². The number of aliphatic hydroxyl groups is 1. The van der Waals surface area contributed by atoms with Crippen molar-refractivity contribution in [2.24, 2.45) is 11.8 Å². The van der Waals surface area contributed by atoms with Crippen molar-refractivity contribution in [2.45, 2.75) is 92.4 Å². The quantitative estimate of drug-likeness (QED) is 0.140. The Bertz CT molecular complexity index is 1310. The van der Waals surface area contributed by atoms with E-state index in [9.17, 15) is 19.5 Å². The fraction of sp³-hybridized carbons (Fsp3) is 0.475. The van der Waals surface area contributed by atoms with Crippen LogP contribution in [0.3, 0.4) is 0 Å². The molecule has 0 saturated heterocycles. The van der Waals surface area contributed by atoms with Crippen LogP contribution in [-0.2, 0) is 23.9 Å². The average molecular weight is 663 g/mol. The minimum absolute atomic E-state index is 0.00521. The maximum absolute atomic E-state index is 13.3. The van der Waals surface area contributed by atoms with E-state index in [2.05, 4.69) is 60.1 Å². The molecule has 0 aromatic carbocycles. The summed E-state index contributed by atoms with van der Waals surface area (Å²) in [5.41, 5.74) is 4.54. The Morgan fingerprint density at radius 1 is 1.04 bits per heavy atom. The number of rotatable bonds is 9. The Hall–Kier alpha value is -4.01. The van der Waals surface area contributed by atoms with Gasteiger partial charge in [0.2, 0.25) is 12.3 Å². The molecule has 0 bridgehead atoms. The lowest BCUT2D eigenvalue weighted by atomic mass is 9.96. The molecule has 0 unspecified atom stereocenters. The highest BCUT2D eigenvalue weighted by Gasteiger charge is 2.22. The number of cyclic esters (lactones) is 1. The molecule has 0 radical (unpaired) electrons. The summed E-state index contributed by atoms with van der Waals surface area (Å²) in [5, 5.41) is 14.3. The van der Waals surface area contributed by atoms with Crippen molar-refractivity contribution < 1.29 is 29.0 Å². The first-order chi connectivity index (χ1) is 22.9. The van der Waals surface area contributed by atoms with E-state index < -0.39 is 24.7 Å². The number of aliphatic hydroxyl groups excluding tert-OH is 1. The molecule has 1 heterocycles. The van der Waals surface area contributed by atoms with Gasteiger partial charge in [0.15, 0.2) is 0 Å². The van der Waals surface area contributed by atoms with Crippen molar-refractivity contribution in [3.63, 3.8) is 0 Å². The van der Waals surface area contributed by atoms with E-state index in [0.717, 1.165) is 42.4 Å². The molecule has 0 saturated carbocycles. The lowest BCUT2D eigenvalue weighted by Crippen LogP contribution is -2.46. The predicted molar refractivity (Wildman–Crippen MR) is 196 cm³/mol. The normalized spacial score (nSPS) is 29.5. The van der Waals surface area contributed by atoms with Crippen LogP contribution in [0.15, 0.2) is 107 Å². The first-order valence-corrected chi connectivity index (χ1v) is 16.8. The van der Waals surface area contributed by atoms with Gasteiger partial charge in [-0.3, -0.25) is 9.59 Å². The third-order valence-electron chi connectivity index (χ3n) is 7.80. The van der Waals surface area contributed by atoms with E-state index >= 15 is 0 Å². The zero-order valence-electron chi connectivity index (χ0n) is 30.2. The summed E-state index contributed by atoms with van der Waals surface area (Å²) in [6.45, 7) is 13.5. The highest BCUT2D eigenvalue weighted by atomic mass is 16.5. The summed E-state index contributed by atoms with van der Waals surface area (Å²) in [7, 11) is 1.72. The molecule has 48 heavy (non-hydrogen) atoms. The molecule has 3 N–H and O–H groups in total. The van der Waals surface area contributed by atoms with Gasteiger partial charge in [-0.1, -0.05) is 110 Å². The van der Waals surface area contributed by atoms with Crippen molar-refractivity contribution in [3.05, 3.63) is 107 Å². The van der Waals surface area contributed by atoms with Crippen LogP contribution in [0, 0.1) is 11.8 Å². The molecule has 8 nitrogen and oxygen atoms in total. The number of nitrogens with one attached hydrogen (secondary N) is 2. The molecular formula is C40H58N2O6. The van der Waals surface area contributed by atoms with Crippen LogP contribution in [0.1, 0.15) is 74.1 Å². The summed E-state index contributed by atoms with van der Waals surface area (Å²) < 4.78 is 11.8. The van der Waals surface area contributed by atoms with Gasteiger partial charge in [0.25, 0.3) is 0 Å². The number of carbonyl (C=O) groups is 3. The molecule has 2 amide bonds. The van der Waals surface area contributed by atoms with Crippen molar-refractivity contribution in [3.8, 4) is 0 Å². The minimum Gasteiger partial charge on any atom is -0.454 e. The second kappa shape index (κ2) is 24.2. The first kappa shape index (κ1) is 42.0. The standard InChI is InChI=1S/C40H58N2O6/c1-29-16-13-11-9-10-12-14-18-33(5)38(34(6)23-22-32(4)26-41-39(45)37(27-43)42-28-44)48-40(46)35(7)24-30(2)20-21-31(3)25-36(47-8)19-15-17-29/h10,12,14-18,20-25,28,30,33,36-38,43H,9,11,13,19,26-27H2,1-8H3,(H,41,45)(H,42,44)/b12-10+,17-15+,18-14+,21-20+,29-16-,31-25+,32-22+,34-23+,35-24+/t30-,33+,36+,37+,38+/m1/s1. The van der Waals surface area contributed by atoms with Gasteiger partial charge < -0.3 is 25.2 Å². The summed E-state index contributed by atoms with van der Waals surface area (Å²) in [6.07, 6.45) is 30.3. The van der Waals surface area contributed by atoms with Gasteiger partial charge in [-0.25, -0.2) is 4.79 Å². The monoisotopic (exact) mass is 662 g/mol. The molecule has 0 aromatic heterocycles. The van der Waals surface area contributed by atoms with Crippen molar-refractivity contribution in [1.29, 1.82) is 0 Å². The predicted octanol–water partition coefficient (Wildman–Crippen LogP) is 6.94. The maximum atomic E-state index is 13.3. The smallest absolute Gasteiger partial charge is 0.334 e. The number of esters is 1. The van der Waals surface area contributed by atoms with Crippen LogP contribution in [0.5, 0.6) is 0 Å². The third kappa shape index (κ3) is 17.8. The summed E-state index contributed by atoms with van der Waals surface area (Å²) in [6, 6.07) is -1.01. The number of methoxy groups -OCH3 is 1.